The molecule has 1 aliphatic carbocycles. The molecular weight excluding hydrogens is 338 g/mol. The van der Waals surface area contributed by atoms with Crippen LogP contribution in [0.2, 0.25) is 0 Å². The lowest BCUT2D eigenvalue weighted by Crippen LogP contribution is -2.31. The Bertz CT molecular complexity index is 830. The van der Waals surface area contributed by atoms with E-state index >= 15 is 0 Å². The zero-order chi connectivity index (χ0) is 18.8. The molecule has 0 bridgehead atoms. The van der Waals surface area contributed by atoms with Gasteiger partial charge in [0, 0.05) is 17.6 Å². The number of nitrogens with two attached hydrogens (primary N) is 1. The predicted octanol–water partition coefficient (Wildman–Crippen LogP) is 0.433. The molecule has 136 valence electrons. The Hall–Kier alpha value is -3.16. The molecule has 0 radical (unpaired) electrons. The zero-order valence-corrected chi connectivity index (χ0v) is 14.0. The first-order chi connectivity index (χ1) is 12.3. The molecule has 1 aromatic rings. The highest BCUT2D eigenvalue weighted by molar-refractivity contribution is 5.99. The van der Waals surface area contributed by atoms with E-state index in [1.165, 1.54) is 0 Å². The average molecular weight is 357 g/mol. The summed E-state index contributed by atoms with van der Waals surface area (Å²) in [7, 11) is 0. The van der Waals surface area contributed by atoms with Gasteiger partial charge in [0.15, 0.2) is 0 Å². The molecule has 1 aliphatic heterocycles. The summed E-state index contributed by atoms with van der Waals surface area (Å²) in [6.45, 7) is 0.00702. The minimum absolute atomic E-state index is 0.00702. The van der Waals surface area contributed by atoms with E-state index in [-0.39, 0.29) is 30.8 Å². The number of hydrogen-bond acceptors (Lipinski definition) is 5. The first-order valence-electron chi connectivity index (χ1n) is 8.20. The van der Waals surface area contributed by atoms with Crippen molar-refractivity contribution in [1.29, 1.82) is 5.41 Å². The Labute approximate surface area is 149 Å². The molecule has 1 saturated heterocycles. The van der Waals surface area contributed by atoms with Crippen LogP contribution < -0.4 is 11.1 Å². The number of carboxylic acids is 1. The molecule has 3 rings (SSSR count). The number of carbonyl (C=O) groups is 3. The van der Waals surface area contributed by atoms with Crippen molar-refractivity contribution in [3.05, 3.63) is 40.5 Å². The number of benzene rings is 1. The third kappa shape index (κ3) is 3.74. The van der Waals surface area contributed by atoms with Crippen LogP contribution in [0.5, 0.6) is 0 Å². The van der Waals surface area contributed by atoms with E-state index in [1.54, 1.807) is 24.3 Å². The van der Waals surface area contributed by atoms with E-state index in [0.717, 1.165) is 11.1 Å². The monoisotopic (exact) mass is 357 g/mol. The van der Waals surface area contributed by atoms with E-state index in [4.69, 9.17) is 21.0 Å². The summed E-state index contributed by atoms with van der Waals surface area (Å²) in [4.78, 5) is 34.7. The van der Waals surface area contributed by atoms with Crippen LogP contribution in [0.25, 0.3) is 6.08 Å². The average Bonchev–Trinajstić information content (AvgIpc) is 3.15. The smallest absolute Gasteiger partial charge is 0.334 e. The van der Waals surface area contributed by atoms with Crippen molar-refractivity contribution in [2.75, 3.05) is 6.61 Å². The molecule has 1 heterocycles. The number of aliphatic carboxylic acids is 1. The van der Waals surface area contributed by atoms with Gasteiger partial charge in [0.2, 0.25) is 5.91 Å². The van der Waals surface area contributed by atoms with Gasteiger partial charge in [0.1, 0.15) is 12.4 Å². The molecule has 2 unspecified atom stereocenters. The topological polar surface area (TPSA) is 143 Å². The lowest BCUT2D eigenvalue weighted by atomic mass is 10.0. The fourth-order valence-electron chi connectivity index (χ4n) is 3.24. The Balaban J connectivity index is 1.54. The highest BCUT2D eigenvalue weighted by Gasteiger charge is 2.34. The summed E-state index contributed by atoms with van der Waals surface area (Å²) in [5.74, 6) is -2.44. The van der Waals surface area contributed by atoms with Gasteiger partial charge in [-0.3, -0.25) is 15.0 Å². The molecule has 2 aliphatic rings. The molecule has 8 nitrogen and oxygen atoms in total. The number of fused-ring (bicyclic) bond motifs is 1. The van der Waals surface area contributed by atoms with Gasteiger partial charge in [-0.15, -0.1) is 0 Å². The molecule has 8 heteroatoms. The zero-order valence-electron chi connectivity index (χ0n) is 14.0. The van der Waals surface area contributed by atoms with Crippen molar-refractivity contribution in [3.63, 3.8) is 0 Å². The summed E-state index contributed by atoms with van der Waals surface area (Å²) in [6.07, 6.45) is 2.24. The van der Waals surface area contributed by atoms with Crippen LogP contribution in [-0.2, 0) is 25.5 Å². The summed E-state index contributed by atoms with van der Waals surface area (Å²) in [5.41, 5.74) is 8.36. The van der Waals surface area contributed by atoms with Crippen LogP contribution in [0.3, 0.4) is 0 Å². The van der Waals surface area contributed by atoms with Gasteiger partial charge in [-0.2, -0.15) is 0 Å². The third-order valence-electron chi connectivity index (χ3n) is 4.55. The summed E-state index contributed by atoms with van der Waals surface area (Å²) in [5, 5.41) is 18.9. The van der Waals surface area contributed by atoms with E-state index in [1.807, 2.05) is 0 Å². The second-order valence-corrected chi connectivity index (χ2v) is 6.51. The molecule has 1 amide bonds. The van der Waals surface area contributed by atoms with Crippen molar-refractivity contribution in [2.45, 2.75) is 25.3 Å². The molecule has 1 aromatic carbocycles. The Kier molecular flexibility index (Phi) is 4.75. The quantitative estimate of drug-likeness (QED) is 0.330. The van der Waals surface area contributed by atoms with Crippen LogP contribution in [0.4, 0.5) is 0 Å². The van der Waals surface area contributed by atoms with Crippen molar-refractivity contribution >= 4 is 29.8 Å². The normalized spacial score (nSPS) is 20.9. The molecular formula is C18H19N3O5. The van der Waals surface area contributed by atoms with Crippen LogP contribution in [0.15, 0.2) is 23.8 Å². The number of hydrogen-bond donors (Lipinski definition) is 4. The van der Waals surface area contributed by atoms with Gasteiger partial charge in [0.05, 0.1) is 18.4 Å². The van der Waals surface area contributed by atoms with E-state index in [0.29, 0.717) is 24.0 Å². The number of rotatable bonds is 6. The van der Waals surface area contributed by atoms with Crippen molar-refractivity contribution in [2.24, 2.45) is 11.7 Å². The number of amidine groups is 1. The van der Waals surface area contributed by atoms with Crippen LogP contribution in [-0.4, -0.2) is 41.4 Å². The number of carbonyl (C=O) groups excluding carboxylic acids is 2. The first kappa shape index (κ1) is 17.7. The minimum atomic E-state index is -1.03. The Morgan fingerprint density at radius 1 is 1.38 bits per heavy atom. The number of carboxylic acid groups (broad SMARTS) is 1. The van der Waals surface area contributed by atoms with Crippen LogP contribution in [0, 0.1) is 11.3 Å². The molecule has 1 fully saturated rings. The van der Waals surface area contributed by atoms with E-state index in [9.17, 15) is 14.4 Å². The van der Waals surface area contributed by atoms with E-state index in [2.05, 4.69) is 5.32 Å². The Morgan fingerprint density at radius 2 is 2.15 bits per heavy atom. The van der Waals surface area contributed by atoms with Gasteiger partial charge >= 0.3 is 11.9 Å². The van der Waals surface area contributed by atoms with Gasteiger partial charge in [-0.25, -0.2) is 4.79 Å². The van der Waals surface area contributed by atoms with Crippen molar-refractivity contribution in [1.82, 2.24) is 5.32 Å². The fraction of sp³-hybridized carbons (Fsp3) is 0.333. The first-order valence-corrected chi connectivity index (χ1v) is 8.20. The second kappa shape index (κ2) is 6.99. The lowest BCUT2D eigenvalue weighted by Gasteiger charge is -2.11. The standard InChI is InChI=1S/C18H19N3O5/c19-16(20)10-2-1-9-3-13(5-11(9)4-10)18(25)26-8-14-6-12(7-15(22)23)17(24)21-14/h1-4,12,14H,5-8H2,(H3,19,20)(H,21,24)(H,22,23). The van der Waals surface area contributed by atoms with Crippen LogP contribution >= 0.6 is 0 Å². The largest absolute Gasteiger partial charge is 0.481 e. The molecule has 0 spiro atoms. The van der Waals surface area contributed by atoms with Crippen molar-refractivity contribution in [3.8, 4) is 0 Å². The maximum absolute atomic E-state index is 12.3. The van der Waals surface area contributed by atoms with E-state index < -0.39 is 17.9 Å². The maximum Gasteiger partial charge on any atom is 0.334 e. The molecule has 2 atom stereocenters. The minimum Gasteiger partial charge on any atom is -0.481 e. The highest BCUT2D eigenvalue weighted by atomic mass is 16.5. The fourth-order valence-corrected chi connectivity index (χ4v) is 3.24. The molecule has 5 N–H and O–H groups in total. The van der Waals surface area contributed by atoms with Crippen LogP contribution in [0.1, 0.15) is 29.5 Å². The molecule has 0 aromatic heterocycles. The Morgan fingerprint density at radius 3 is 2.85 bits per heavy atom. The SMILES string of the molecule is N=C(N)c1ccc2c(c1)CC(C(=O)OCC1CC(CC(=O)O)C(=O)N1)=C2. The van der Waals surface area contributed by atoms with Gasteiger partial charge in [-0.05, 0) is 29.7 Å². The number of nitrogen functional groups attached to an aromatic ring is 1. The second-order valence-electron chi connectivity index (χ2n) is 6.51. The molecule has 26 heavy (non-hydrogen) atoms. The number of ether oxygens (including phenoxy) is 1. The summed E-state index contributed by atoms with van der Waals surface area (Å²) >= 11 is 0. The third-order valence-corrected chi connectivity index (χ3v) is 4.55. The van der Waals surface area contributed by atoms with Gasteiger partial charge < -0.3 is 20.9 Å². The number of nitrogens with one attached hydrogen (secondary N) is 2. The number of esters is 1. The predicted molar refractivity (Wildman–Crippen MR) is 92.4 cm³/mol. The lowest BCUT2D eigenvalue weighted by molar-refractivity contribution is -0.140. The van der Waals surface area contributed by atoms with Gasteiger partial charge in [0.25, 0.3) is 0 Å². The van der Waals surface area contributed by atoms with Gasteiger partial charge in [-0.1, -0.05) is 12.1 Å². The molecule has 0 saturated carbocycles. The summed E-state index contributed by atoms with van der Waals surface area (Å²) < 4.78 is 5.28. The highest BCUT2D eigenvalue weighted by Crippen LogP contribution is 2.27. The number of amides is 1. The van der Waals surface area contributed by atoms with Crippen molar-refractivity contribution < 1.29 is 24.2 Å². The summed E-state index contributed by atoms with van der Waals surface area (Å²) in [6, 6.07) is 4.94. The maximum atomic E-state index is 12.3.